The van der Waals surface area contributed by atoms with Crippen LogP contribution in [0.2, 0.25) is 5.02 Å². The summed E-state index contributed by atoms with van der Waals surface area (Å²) in [6, 6.07) is 15.7. The molecule has 2 heterocycles. The summed E-state index contributed by atoms with van der Waals surface area (Å²) in [5.41, 5.74) is 1.94. The normalized spacial score (nSPS) is 21.9. The van der Waals surface area contributed by atoms with Crippen LogP contribution in [0.15, 0.2) is 52.9 Å². The van der Waals surface area contributed by atoms with Gasteiger partial charge in [-0.2, -0.15) is 0 Å². The van der Waals surface area contributed by atoms with Gasteiger partial charge in [0.2, 0.25) is 0 Å². The number of nitrogens with zero attached hydrogens (tertiary/aromatic N) is 1. The van der Waals surface area contributed by atoms with Crippen LogP contribution in [0.4, 0.5) is 0 Å². The average Bonchev–Trinajstić information content (AvgIpc) is 3.17. The second-order valence-corrected chi connectivity index (χ2v) is 8.76. The zero-order valence-electron chi connectivity index (χ0n) is 17.7. The number of aliphatic hydroxyl groups is 2. The molecule has 0 amide bonds. The van der Waals surface area contributed by atoms with Crippen molar-refractivity contribution in [1.29, 1.82) is 0 Å². The van der Waals surface area contributed by atoms with E-state index in [2.05, 4.69) is 17.0 Å². The number of ether oxygens (including phenoxy) is 1. The van der Waals surface area contributed by atoms with Crippen LogP contribution in [0.25, 0.3) is 11.0 Å². The van der Waals surface area contributed by atoms with Crippen molar-refractivity contribution >= 4 is 22.6 Å². The van der Waals surface area contributed by atoms with Crippen LogP contribution in [-0.2, 0) is 13.0 Å². The third kappa shape index (κ3) is 6.01. The van der Waals surface area contributed by atoms with E-state index in [1.165, 1.54) is 0 Å². The third-order valence-corrected chi connectivity index (χ3v) is 6.13. The van der Waals surface area contributed by atoms with Crippen LogP contribution in [0.5, 0.6) is 5.75 Å². The number of halogens is 1. The fraction of sp³-hybridized carbons (Fsp3) is 0.440. The summed E-state index contributed by atoms with van der Waals surface area (Å²) >= 11 is 6.17. The van der Waals surface area contributed by atoms with Crippen LogP contribution in [0.1, 0.15) is 37.0 Å². The SMILES string of the molecule is O[C@@H]1COc2ccc(Cl)cc2CCCCCN(Cc2cc3ccccc3o2)CC[C@@H]1O. The van der Waals surface area contributed by atoms with Gasteiger partial charge in [-0.05, 0) is 68.1 Å². The number of aryl methyl sites for hydroxylation is 1. The molecule has 0 saturated heterocycles. The Morgan fingerprint density at radius 1 is 0.968 bits per heavy atom. The molecule has 1 aliphatic heterocycles. The van der Waals surface area contributed by atoms with Gasteiger partial charge >= 0.3 is 0 Å². The first-order valence-electron chi connectivity index (χ1n) is 11.1. The molecule has 2 atom stereocenters. The van der Waals surface area contributed by atoms with Gasteiger partial charge in [0.25, 0.3) is 0 Å². The van der Waals surface area contributed by atoms with Crippen molar-refractivity contribution in [3.05, 3.63) is 64.9 Å². The average molecular weight is 444 g/mol. The minimum absolute atomic E-state index is 0.0549. The summed E-state index contributed by atoms with van der Waals surface area (Å²) in [7, 11) is 0. The molecule has 5 nitrogen and oxygen atoms in total. The highest BCUT2D eigenvalue weighted by Gasteiger charge is 2.20. The molecular formula is C25H30ClNO4. The molecule has 0 bridgehead atoms. The van der Waals surface area contributed by atoms with Crippen LogP contribution in [0.3, 0.4) is 0 Å². The quantitative estimate of drug-likeness (QED) is 0.595. The van der Waals surface area contributed by atoms with E-state index < -0.39 is 12.2 Å². The molecule has 1 aliphatic rings. The van der Waals surface area contributed by atoms with E-state index in [0.717, 1.165) is 60.3 Å². The van der Waals surface area contributed by atoms with E-state index in [4.69, 9.17) is 20.8 Å². The molecule has 6 heteroatoms. The second kappa shape index (κ2) is 10.5. The maximum absolute atomic E-state index is 10.5. The first-order chi connectivity index (χ1) is 15.1. The molecule has 3 aromatic rings. The highest BCUT2D eigenvalue weighted by molar-refractivity contribution is 6.30. The van der Waals surface area contributed by atoms with Gasteiger partial charge in [-0.15, -0.1) is 0 Å². The van der Waals surface area contributed by atoms with Crippen LogP contribution >= 0.6 is 11.6 Å². The summed E-state index contributed by atoms with van der Waals surface area (Å²) < 4.78 is 11.8. The van der Waals surface area contributed by atoms with Gasteiger partial charge < -0.3 is 19.4 Å². The van der Waals surface area contributed by atoms with Gasteiger partial charge in [0.15, 0.2) is 0 Å². The molecule has 4 rings (SSSR count). The van der Waals surface area contributed by atoms with E-state index in [-0.39, 0.29) is 6.61 Å². The summed E-state index contributed by atoms with van der Waals surface area (Å²) in [6.45, 7) is 2.34. The molecule has 2 aromatic carbocycles. The number of hydrogen-bond donors (Lipinski definition) is 2. The third-order valence-electron chi connectivity index (χ3n) is 5.89. The molecule has 31 heavy (non-hydrogen) atoms. The number of hydrogen-bond acceptors (Lipinski definition) is 5. The number of furan rings is 1. The summed E-state index contributed by atoms with van der Waals surface area (Å²) in [5, 5.41) is 22.7. The zero-order chi connectivity index (χ0) is 21.6. The summed E-state index contributed by atoms with van der Waals surface area (Å²) in [5.74, 6) is 1.66. The van der Waals surface area contributed by atoms with E-state index in [1.54, 1.807) is 6.07 Å². The lowest BCUT2D eigenvalue weighted by atomic mass is 10.0. The Morgan fingerprint density at radius 2 is 1.84 bits per heavy atom. The highest BCUT2D eigenvalue weighted by atomic mass is 35.5. The van der Waals surface area contributed by atoms with Crippen molar-refractivity contribution in [1.82, 2.24) is 4.90 Å². The van der Waals surface area contributed by atoms with E-state index in [9.17, 15) is 10.2 Å². The van der Waals surface area contributed by atoms with Crippen LogP contribution in [0, 0.1) is 0 Å². The molecule has 0 unspecified atom stereocenters. The molecule has 0 saturated carbocycles. The van der Waals surface area contributed by atoms with Crippen LogP contribution < -0.4 is 4.74 Å². The second-order valence-electron chi connectivity index (χ2n) is 8.32. The number of aliphatic hydroxyl groups excluding tert-OH is 2. The highest BCUT2D eigenvalue weighted by Crippen LogP contribution is 2.26. The number of fused-ring (bicyclic) bond motifs is 2. The monoisotopic (exact) mass is 443 g/mol. The van der Waals surface area contributed by atoms with Gasteiger partial charge in [0.1, 0.15) is 29.8 Å². The van der Waals surface area contributed by atoms with Crippen molar-refractivity contribution in [2.24, 2.45) is 0 Å². The minimum atomic E-state index is -0.945. The molecule has 0 aliphatic carbocycles. The Labute approximate surface area is 188 Å². The molecule has 166 valence electrons. The predicted molar refractivity (Wildman–Crippen MR) is 123 cm³/mol. The van der Waals surface area contributed by atoms with E-state index in [0.29, 0.717) is 24.5 Å². The van der Waals surface area contributed by atoms with Gasteiger partial charge in [-0.1, -0.05) is 36.2 Å². The van der Waals surface area contributed by atoms with Gasteiger partial charge in [-0.25, -0.2) is 0 Å². The Balaban J connectivity index is 1.44. The standard InChI is InChI=1S/C25H30ClNO4/c26-20-9-10-24-18(14-20)6-2-1-5-12-27(13-11-22(28)23(29)17-30-24)16-21-15-19-7-3-4-8-25(19)31-21/h3-4,7-10,14-15,22-23,28-29H,1-2,5-6,11-13,16-17H2/t22-,23+/m0/s1. The molecular weight excluding hydrogens is 414 g/mol. The fourth-order valence-electron chi connectivity index (χ4n) is 4.11. The van der Waals surface area contributed by atoms with Gasteiger partial charge in [0, 0.05) is 17.0 Å². The Bertz CT molecular complexity index is 956. The van der Waals surface area contributed by atoms with Crippen molar-refractivity contribution in [2.75, 3.05) is 19.7 Å². The number of benzene rings is 2. The van der Waals surface area contributed by atoms with Crippen molar-refractivity contribution in [3.63, 3.8) is 0 Å². The Hall–Kier alpha value is -2.05. The van der Waals surface area contributed by atoms with E-state index in [1.807, 2.05) is 30.3 Å². The Morgan fingerprint density at radius 3 is 2.71 bits per heavy atom. The molecule has 0 fully saturated rings. The maximum Gasteiger partial charge on any atom is 0.134 e. The first kappa shape index (κ1) is 22.2. The number of rotatable bonds is 2. The van der Waals surface area contributed by atoms with Gasteiger partial charge in [-0.3, -0.25) is 4.90 Å². The lowest BCUT2D eigenvalue weighted by Crippen LogP contribution is -2.36. The topological polar surface area (TPSA) is 66.1 Å². The van der Waals surface area contributed by atoms with Gasteiger partial charge in [0.05, 0.1) is 12.6 Å². The number of para-hydroxylation sites is 1. The summed E-state index contributed by atoms with van der Waals surface area (Å²) in [4.78, 5) is 2.30. The van der Waals surface area contributed by atoms with Crippen LogP contribution in [-0.4, -0.2) is 47.0 Å². The zero-order valence-corrected chi connectivity index (χ0v) is 18.4. The smallest absolute Gasteiger partial charge is 0.134 e. The minimum Gasteiger partial charge on any atom is -0.491 e. The lowest BCUT2D eigenvalue weighted by Gasteiger charge is -2.25. The van der Waals surface area contributed by atoms with E-state index >= 15 is 0 Å². The maximum atomic E-state index is 10.5. The fourth-order valence-corrected chi connectivity index (χ4v) is 4.31. The Kier molecular flexibility index (Phi) is 7.51. The lowest BCUT2D eigenvalue weighted by molar-refractivity contribution is -0.0165. The van der Waals surface area contributed by atoms with Crippen molar-refractivity contribution in [3.8, 4) is 5.75 Å². The largest absolute Gasteiger partial charge is 0.491 e. The molecule has 2 N–H and O–H groups in total. The summed E-state index contributed by atoms with van der Waals surface area (Å²) in [6.07, 6.45) is 2.73. The molecule has 1 aromatic heterocycles. The van der Waals surface area contributed by atoms with Crippen molar-refractivity contribution in [2.45, 2.75) is 50.9 Å². The predicted octanol–water partition coefficient (Wildman–Crippen LogP) is 4.81. The molecule has 0 spiro atoms. The first-order valence-corrected chi connectivity index (χ1v) is 11.4. The van der Waals surface area contributed by atoms with Crippen molar-refractivity contribution < 1.29 is 19.4 Å². The molecule has 0 radical (unpaired) electrons.